The maximum atomic E-state index is 13.3. The van der Waals surface area contributed by atoms with E-state index >= 15 is 0 Å². The Morgan fingerprint density at radius 3 is 2.66 bits per heavy atom. The highest BCUT2D eigenvalue weighted by Crippen LogP contribution is 2.39. The van der Waals surface area contributed by atoms with Gasteiger partial charge in [-0.1, -0.05) is 66.4 Å². The molecule has 3 aromatic heterocycles. The minimum absolute atomic E-state index is 0.100. The third-order valence-corrected chi connectivity index (χ3v) is 9.53. The Hall–Kier alpha value is -4.28. The molecule has 0 aliphatic heterocycles. The lowest BCUT2D eigenvalue weighted by molar-refractivity contribution is -0.113. The number of pyridine rings is 1. The molecule has 5 aromatic rings. The maximum absolute atomic E-state index is 13.3. The SMILES string of the molecule is C=CCn1c(SCC(=O)Nc2sc3c(c2C(=O)OC(C)C)CCCC3)nnc1-c1cc(-c2ccccc2)nc2ccccc12. The minimum Gasteiger partial charge on any atom is -0.459 e. The van der Waals surface area contributed by atoms with Crippen molar-refractivity contribution in [3.8, 4) is 22.6 Å². The van der Waals surface area contributed by atoms with Crippen molar-refractivity contribution in [1.29, 1.82) is 0 Å². The first-order chi connectivity index (χ1) is 21.4. The molecule has 6 rings (SSSR count). The molecule has 3 heterocycles. The van der Waals surface area contributed by atoms with Crippen LogP contribution in [-0.4, -0.2) is 43.5 Å². The van der Waals surface area contributed by atoms with Crippen molar-refractivity contribution >= 4 is 50.9 Å². The number of hydrogen-bond donors (Lipinski definition) is 1. The first-order valence-electron chi connectivity index (χ1n) is 14.7. The van der Waals surface area contributed by atoms with Crippen molar-refractivity contribution < 1.29 is 14.3 Å². The first kappa shape index (κ1) is 29.8. The number of esters is 1. The Balaban J connectivity index is 1.27. The number of amides is 1. The number of aryl methyl sites for hydroxylation is 1. The lowest BCUT2D eigenvalue weighted by Crippen LogP contribution is -2.19. The van der Waals surface area contributed by atoms with E-state index in [1.165, 1.54) is 23.1 Å². The van der Waals surface area contributed by atoms with Gasteiger partial charge in [-0.2, -0.15) is 0 Å². The van der Waals surface area contributed by atoms with Crippen LogP contribution in [0.4, 0.5) is 5.00 Å². The highest BCUT2D eigenvalue weighted by atomic mass is 32.2. The van der Waals surface area contributed by atoms with Gasteiger partial charge < -0.3 is 10.1 Å². The predicted molar refractivity (Wildman–Crippen MR) is 177 cm³/mol. The molecule has 0 bridgehead atoms. The topological polar surface area (TPSA) is 99.0 Å². The van der Waals surface area contributed by atoms with Gasteiger partial charge in [0, 0.05) is 27.9 Å². The number of rotatable bonds is 10. The molecule has 1 aliphatic carbocycles. The first-order valence-corrected chi connectivity index (χ1v) is 16.5. The van der Waals surface area contributed by atoms with Crippen LogP contribution < -0.4 is 5.32 Å². The molecule has 1 amide bonds. The highest BCUT2D eigenvalue weighted by Gasteiger charge is 2.28. The lowest BCUT2D eigenvalue weighted by atomic mass is 9.95. The second-order valence-electron chi connectivity index (χ2n) is 10.8. The molecule has 2 aromatic carbocycles. The summed E-state index contributed by atoms with van der Waals surface area (Å²) in [4.78, 5) is 32.3. The largest absolute Gasteiger partial charge is 0.459 e. The molecule has 10 heteroatoms. The third-order valence-electron chi connectivity index (χ3n) is 7.36. The average Bonchev–Trinajstić information content (AvgIpc) is 3.60. The van der Waals surface area contributed by atoms with Crippen LogP contribution in [0.2, 0.25) is 0 Å². The summed E-state index contributed by atoms with van der Waals surface area (Å²) >= 11 is 2.78. The van der Waals surface area contributed by atoms with E-state index < -0.39 is 0 Å². The Kier molecular flexibility index (Phi) is 8.90. The van der Waals surface area contributed by atoms with Gasteiger partial charge in [-0.3, -0.25) is 9.36 Å². The van der Waals surface area contributed by atoms with E-state index in [0.29, 0.717) is 28.1 Å². The Labute approximate surface area is 264 Å². The molecule has 0 saturated heterocycles. The summed E-state index contributed by atoms with van der Waals surface area (Å²) in [6.07, 6.45) is 5.39. The van der Waals surface area contributed by atoms with E-state index in [9.17, 15) is 9.59 Å². The third kappa shape index (κ3) is 6.18. The number of fused-ring (bicyclic) bond motifs is 2. The number of allylic oxidation sites excluding steroid dienone is 1. The van der Waals surface area contributed by atoms with Crippen molar-refractivity contribution in [2.75, 3.05) is 11.1 Å². The van der Waals surface area contributed by atoms with E-state index in [2.05, 4.69) is 22.1 Å². The number of carbonyl (C=O) groups is 2. The number of ether oxygens (including phenoxy) is 1. The Morgan fingerprint density at radius 1 is 1.09 bits per heavy atom. The fourth-order valence-corrected chi connectivity index (χ4v) is 7.48. The van der Waals surface area contributed by atoms with Crippen LogP contribution in [0.15, 0.2) is 78.5 Å². The van der Waals surface area contributed by atoms with Gasteiger partial charge in [-0.15, -0.1) is 28.1 Å². The van der Waals surface area contributed by atoms with Crippen LogP contribution in [0, 0.1) is 0 Å². The van der Waals surface area contributed by atoms with E-state index in [0.717, 1.165) is 63.8 Å². The summed E-state index contributed by atoms with van der Waals surface area (Å²) in [7, 11) is 0. The van der Waals surface area contributed by atoms with Crippen LogP contribution in [-0.2, 0) is 28.9 Å². The lowest BCUT2D eigenvalue weighted by Gasteiger charge is -2.14. The second-order valence-corrected chi connectivity index (χ2v) is 12.9. The maximum Gasteiger partial charge on any atom is 0.341 e. The van der Waals surface area contributed by atoms with E-state index in [-0.39, 0.29) is 23.7 Å². The van der Waals surface area contributed by atoms with Crippen LogP contribution in [0.3, 0.4) is 0 Å². The van der Waals surface area contributed by atoms with Gasteiger partial charge in [-0.05, 0) is 57.2 Å². The predicted octanol–water partition coefficient (Wildman–Crippen LogP) is 7.58. The van der Waals surface area contributed by atoms with Gasteiger partial charge >= 0.3 is 5.97 Å². The number of aromatic nitrogens is 4. The van der Waals surface area contributed by atoms with Crippen molar-refractivity contribution in [1.82, 2.24) is 19.7 Å². The number of para-hydroxylation sites is 1. The van der Waals surface area contributed by atoms with Crippen molar-refractivity contribution in [2.24, 2.45) is 0 Å². The zero-order valence-corrected chi connectivity index (χ0v) is 26.3. The molecule has 0 saturated carbocycles. The summed E-state index contributed by atoms with van der Waals surface area (Å²) in [5.74, 6) is 0.177. The van der Waals surface area contributed by atoms with Crippen molar-refractivity contribution in [3.05, 3.63) is 89.3 Å². The van der Waals surface area contributed by atoms with Crippen LogP contribution >= 0.6 is 23.1 Å². The average molecular weight is 624 g/mol. The minimum atomic E-state index is -0.378. The van der Waals surface area contributed by atoms with Crippen LogP contribution in [0.25, 0.3) is 33.5 Å². The van der Waals surface area contributed by atoms with Gasteiger partial charge in [0.2, 0.25) is 5.91 Å². The fourth-order valence-electron chi connectivity index (χ4n) is 5.44. The fraction of sp³-hybridized carbons (Fsp3) is 0.265. The molecular formula is C34H33N5O3S2. The Bertz CT molecular complexity index is 1840. The summed E-state index contributed by atoms with van der Waals surface area (Å²) in [6.45, 7) is 8.07. The van der Waals surface area contributed by atoms with E-state index in [1.54, 1.807) is 6.08 Å². The summed E-state index contributed by atoms with van der Waals surface area (Å²) < 4.78 is 7.51. The number of hydrogen-bond acceptors (Lipinski definition) is 8. The summed E-state index contributed by atoms with van der Waals surface area (Å²) in [5, 5.41) is 14.2. The molecule has 0 radical (unpaired) electrons. The van der Waals surface area contributed by atoms with Gasteiger partial charge in [0.1, 0.15) is 5.00 Å². The van der Waals surface area contributed by atoms with E-state index in [1.807, 2.05) is 79.1 Å². The molecule has 0 unspecified atom stereocenters. The molecule has 1 N–H and O–H groups in total. The van der Waals surface area contributed by atoms with Crippen molar-refractivity contribution in [2.45, 2.75) is 57.3 Å². The number of carbonyl (C=O) groups excluding carboxylic acids is 2. The zero-order valence-electron chi connectivity index (χ0n) is 24.7. The Morgan fingerprint density at radius 2 is 1.86 bits per heavy atom. The van der Waals surface area contributed by atoms with Crippen LogP contribution in [0.5, 0.6) is 0 Å². The number of anilines is 1. The monoisotopic (exact) mass is 623 g/mol. The number of thiophene rings is 1. The summed E-state index contributed by atoms with van der Waals surface area (Å²) in [5.41, 5.74) is 5.13. The van der Waals surface area contributed by atoms with Gasteiger partial charge in [-0.25, -0.2) is 9.78 Å². The molecule has 0 spiro atoms. The van der Waals surface area contributed by atoms with Gasteiger partial charge in [0.25, 0.3) is 0 Å². The van der Waals surface area contributed by atoms with E-state index in [4.69, 9.17) is 9.72 Å². The second kappa shape index (κ2) is 13.2. The van der Waals surface area contributed by atoms with Crippen LogP contribution in [0.1, 0.15) is 47.5 Å². The number of nitrogens with zero attached hydrogens (tertiary/aromatic N) is 4. The molecular weight excluding hydrogens is 591 g/mol. The highest BCUT2D eigenvalue weighted by molar-refractivity contribution is 7.99. The number of benzene rings is 2. The summed E-state index contributed by atoms with van der Waals surface area (Å²) in [6, 6.07) is 20.1. The molecule has 8 nitrogen and oxygen atoms in total. The van der Waals surface area contributed by atoms with Crippen molar-refractivity contribution in [3.63, 3.8) is 0 Å². The zero-order chi connectivity index (χ0) is 30.6. The molecule has 44 heavy (non-hydrogen) atoms. The molecule has 0 fully saturated rings. The molecule has 0 atom stereocenters. The quantitative estimate of drug-likeness (QED) is 0.0973. The van der Waals surface area contributed by atoms with Gasteiger partial charge in [0.05, 0.1) is 28.6 Å². The normalized spacial score (nSPS) is 12.7. The van der Waals surface area contributed by atoms with Gasteiger partial charge in [0.15, 0.2) is 11.0 Å². The molecule has 1 aliphatic rings. The molecule has 224 valence electrons. The number of nitrogens with one attached hydrogen (secondary N) is 1. The standard InChI is InChI=1S/C34H33N5O3S2/c1-4-18-39-31(25-19-27(22-12-6-5-7-13-22)35-26-16-10-8-14-23(25)26)37-38-34(39)43-20-29(40)36-32-30(33(41)42-21(2)3)24-15-9-11-17-28(24)44-32/h4-8,10,12-14,16,19,21H,1,9,11,15,17-18,20H2,2-3H3,(H,36,40). The smallest absolute Gasteiger partial charge is 0.341 e. The number of thioether (sulfide) groups is 1.